The van der Waals surface area contributed by atoms with Crippen molar-refractivity contribution in [2.75, 3.05) is 5.88 Å². The molecule has 106 valence electrons. The molecule has 19 heavy (non-hydrogen) atoms. The number of halogens is 1. The van der Waals surface area contributed by atoms with E-state index in [2.05, 4.69) is 39.2 Å². The van der Waals surface area contributed by atoms with Gasteiger partial charge in [-0.2, -0.15) is 0 Å². The molecule has 0 saturated heterocycles. The van der Waals surface area contributed by atoms with Crippen molar-refractivity contribution < 1.29 is 4.79 Å². The third kappa shape index (κ3) is 2.05. The normalized spacial score (nSPS) is 20.6. The first-order valence-electron chi connectivity index (χ1n) is 6.90. The van der Waals surface area contributed by atoms with Crippen LogP contribution in [0.2, 0.25) is 0 Å². The van der Waals surface area contributed by atoms with Crippen molar-refractivity contribution in [3.05, 3.63) is 23.0 Å². The molecule has 1 fully saturated rings. The second-order valence-electron chi connectivity index (χ2n) is 6.95. The Morgan fingerprint density at radius 1 is 1.26 bits per heavy atom. The van der Waals surface area contributed by atoms with Crippen LogP contribution >= 0.6 is 11.6 Å². The Kier molecular flexibility index (Phi) is 3.37. The maximum absolute atomic E-state index is 11.8. The maximum Gasteiger partial charge on any atom is 0.179 e. The number of ketones is 1. The summed E-state index contributed by atoms with van der Waals surface area (Å²) >= 11 is 5.67. The first-order chi connectivity index (χ1) is 8.64. The van der Waals surface area contributed by atoms with Crippen molar-refractivity contribution in [1.29, 1.82) is 0 Å². The van der Waals surface area contributed by atoms with Crippen molar-refractivity contribution in [3.63, 3.8) is 0 Å². The molecule has 1 heterocycles. The van der Waals surface area contributed by atoms with Gasteiger partial charge in [0.25, 0.3) is 0 Å². The van der Waals surface area contributed by atoms with Crippen molar-refractivity contribution in [2.24, 2.45) is 16.7 Å². The molecule has 0 unspecified atom stereocenters. The number of alkyl halides is 1. The molecule has 2 nitrogen and oxygen atoms in total. The van der Waals surface area contributed by atoms with E-state index in [1.54, 1.807) is 0 Å². The average Bonchev–Trinajstić information content (AvgIpc) is 2.57. The molecule has 0 aliphatic heterocycles. The Bertz CT molecular complexity index is 511. The number of hydrogen-bond acceptors (Lipinski definition) is 1. The number of nitrogens with zero attached hydrogens (tertiary/aromatic N) is 1. The molecule has 1 saturated carbocycles. The fourth-order valence-corrected chi connectivity index (χ4v) is 3.55. The summed E-state index contributed by atoms with van der Waals surface area (Å²) in [6.45, 7) is 14.4. The standard InChI is InChI=1S/C16H24ClNO/c1-10-7-12(13(19)8-17)11(2)18(10)9-14-15(3,4)16(14,5)6/h7,14H,8-9H2,1-6H3. The van der Waals surface area contributed by atoms with E-state index < -0.39 is 0 Å². The summed E-state index contributed by atoms with van der Waals surface area (Å²) in [5.41, 5.74) is 3.73. The molecule has 0 bridgehead atoms. The molecule has 0 atom stereocenters. The molecular weight excluding hydrogens is 258 g/mol. The summed E-state index contributed by atoms with van der Waals surface area (Å²) in [7, 11) is 0. The first kappa shape index (κ1) is 14.6. The quantitative estimate of drug-likeness (QED) is 0.599. The number of carbonyl (C=O) groups excluding carboxylic acids is 1. The third-order valence-corrected chi connectivity index (χ3v) is 5.92. The molecule has 1 aromatic rings. The van der Waals surface area contributed by atoms with Crippen molar-refractivity contribution in [1.82, 2.24) is 4.57 Å². The fourth-order valence-electron chi connectivity index (χ4n) is 3.41. The fraction of sp³-hybridized carbons (Fsp3) is 0.688. The molecule has 1 aliphatic carbocycles. The number of aromatic nitrogens is 1. The van der Waals surface area contributed by atoms with Crippen LogP contribution in [-0.4, -0.2) is 16.2 Å². The molecule has 0 radical (unpaired) electrons. The van der Waals surface area contributed by atoms with Crippen molar-refractivity contribution in [2.45, 2.75) is 48.1 Å². The highest BCUT2D eigenvalue weighted by molar-refractivity contribution is 6.30. The maximum atomic E-state index is 11.8. The van der Waals surface area contributed by atoms with Gasteiger partial charge in [0.1, 0.15) is 0 Å². The molecule has 0 amide bonds. The lowest BCUT2D eigenvalue weighted by atomic mass is 10.0. The zero-order chi connectivity index (χ0) is 14.6. The van der Waals surface area contributed by atoms with Crippen LogP contribution in [0.15, 0.2) is 6.07 Å². The van der Waals surface area contributed by atoms with Gasteiger partial charge in [-0.15, -0.1) is 11.6 Å². The first-order valence-corrected chi connectivity index (χ1v) is 7.44. The second kappa shape index (κ2) is 4.37. The van der Waals surface area contributed by atoms with Crippen LogP contribution in [0.4, 0.5) is 0 Å². The Morgan fingerprint density at radius 2 is 1.79 bits per heavy atom. The van der Waals surface area contributed by atoms with E-state index in [9.17, 15) is 4.79 Å². The van der Waals surface area contributed by atoms with Gasteiger partial charge in [-0.3, -0.25) is 4.79 Å². The largest absolute Gasteiger partial charge is 0.348 e. The lowest BCUT2D eigenvalue weighted by molar-refractivity contribution is 0.102. The van der Waals surface area contributed by atoms with Crippen molar-refractivity contribution in [3.8, 4) is 0 Å². The highest BCUT2D eigenvalue weighted by Crippen LogP contribution is 2.68. The van der Waals surface area contributed by atoms with Crippen LogP contribution in [0.3, 0.4) is 0 Å². The summed E-state index contributed by atoms with van der Waals surface area (Å²) in [4.78, 5) is 11.8. The van der Waals surface area contributed by atoms with Crippen LogP contribution < -0.4 is 0 Å². The van der Waals surface area contributed by atoms with Gasteiger partial charge >= 0.3 is 0 Å². The van der Waals surface area contributed by atoms with Gasteiger partial charge in [0.05, 0.1) is 5.88 Å². The number of hydrogen-bond donors (Lipinski definition) is 0. The summed E-state index contributed by atoms with van der Waals surface area (Å²) < 4.78 is 2.28. The molecule has 1 aromatic heterocycles. The Morgan fingerprint density at radius 3 is 2.21 bits per heavy atom. The lowest BCUT2D eigenvalue weighted by Crippen LogP contribution is -2.09. The molecule has 0 N–H and O–H groups in total. The van der Waals surface area contributed by atoms with Gasteiger partial charge in [0.2, 0.25) is 0 Å². The van der Waals surface area contributed by atoms with E-state index in [4.69, 9.17) is 11.6 Å². The Balaban J connectivity index is 2.28. The SMILES string of the molecule is Cc1cc(C(=O)CCl)c(C)n1CC1C(C)(C)C1(C)C. The van der Waals surface area contributed by atoms with Gasteiger partial charge in [-0.1, -0.05) is 27.7 Å². The highest BCUT2D eigenvalue weighted by atomic mass is 35.5. The number of Topliss-reactive ketones (excluding diaryl/α,β-unsaturated/α-hetero) is 1. The van der Waals surface area contributed by atoms with E-state index >= 15 is 0 Å². The Labute approximate surface area is 121 Å². The molecule has 3 heteroatoms. The average molecular weight is 282 g/mol. The number of rotatable bonds is 4. The van der Waals surface area contributed by atoms with E-state index in [1.807, 2.05) is 13.0 Å². The van der Waals surface area contributed by atoms with Gasteiger partial charge in [0.15, 0.2) is 5.78 Å². The third-order valence-electron chi connectivity index (χ3n) is 5.68. The van der Waals surface area contributed by atoms with E-state index in [0.717, 1.165) is 23.5 Å². The molecule has 0 spiro atoms. The van der Waals surface area contributed by atoms with Gasteiger partial charge in [-0.25, -0.2) is 0 Å². The van der Waals surface area contributed by atoms with Crippen molar-refractivity contribution >= 4 is 17.4 Å². The smallest absolute Gasteiger partial charge is 0.179 e. The summed E-state index contributed by atoms with van der Waals surface area (Å²) in [5.74, 6) is 0.740. The summed E-state index contributed by atoms with van der Waals surface area (Å²) in [6.07, 6.45) is 0. The molecule has 2 rings (SSSR count). The lowest BCUT2D eigenvalue weighted by Gasteiger charge is -2.11. The topological polar surface area (TPSA) is 22.0 Å². The predicted octanol–water partition coefficient (Wildman–Crippen LogP) is 4.21. The molecule has 0 aromatic carbocycles. The minimum Gasteiger partial charge on any atom is -0.348 e. The highest BCUT2D eigenvalue weighted by Gasteiger charge is 2.64. The van der Waals surface area contributed by atoms with Crippen LogP contribution in [0.1, 0.15) is 49.4 Å². The minimum atomic E-state index is 0.0235. The van der Waals surface area contributed by atoms with E-state index in [-0.39, 0.29) is 11.7 Å². The molecular formula is C16H24ClNO. The van der Waals surface area contributed by atoms with Gasteiger partial charge in [0, 0.05) is 23.5 Å². The molecule has 1 aliphatic rings. The summed E-state index contributed by atoms with van der Waals surface area (Å²) in [5, 5.41) is 0. The van der Waals surface area contributed by atoms with Crippen LogP contribution in [-0.2, 0) is 6.54 Å². The zero-order valence-electron chi connectivity index (χ0n) is 12.8. The monoisotopic (exact) mass is 281 g/mol. The zero-order valence-corrected chi connectivity index (χ0v) is 13.6. The Hall–Kier alpha value is -0.760. The predicted molar refractivity (Wildman–Crippen MR) is 80.0 cm³/mol. The minimum absolute atomic E-state index is 0.0235. The van der Waals surface area contributed by atoms with Crippen LogP contribution in [0.25, 0.3) is 0 Å². The van der Waals surface area contributed by atoms with Gasteiger partial charge < -0.3 is 4.57 Å². The van der Waals surface area contributed by atoms with E-state index in [0.29, 0.717) is 16.7 Å². The van der Waals surface area contributed by atoms with Gasteiger partial charge in [-0.05, 0) is 36.7 Å². The second-order valence-corrected chi connectivity index (χ2v) is 7.22. The van der Waals surface area contributed by atoms with Crippen LogP contribution in [0, 0.1) is 30.6 Å². The summed E-state index contributed by atoms with van der Waals surface area (Å²) in [6, 6.07) is 1.97. The number of carbonyl (C=O) groups is 1. The van der Waals surface area contributed by atoms with Crippen LogP contribution in [0.5, 0.6) is 0 Å². The van der Waals surface area contributed by atoms with E-state index in [1.165, 1.54) is 0 Å². The number of aryl methyl sites for hydroxylation is 1.